The molecular formula is C17H21BrN2O. The second kappa shape index (κ2) is 7.05. The zero-order valence-electron chi connectivity index (χ0n) is 12.9. The summed E-state index contributed by atoms with van der Waals surface area (Å²) in [7, 11) is 0. The van der Waals surface area contributed by atoms with Gasteiger partial charge in [-0.1, -0.05) is 26.0 Å². The molecule has 1 aromatic heterocycles. The fourth-order valence-corrected chi connectivity index (χ4v) is 2.32. The lowest BCUT2D eigenvalue weighted by Crippen LogP contribution is -2.22. The highest BCUT2D eigenvalue weighted by Gasteiger charge is 2.10. The van der Waals surface area contributed by atoms with E-state index in [1.54, 1.807) is 6.20 Å². The zero-order valence-corrected chi connectivity index (χ0v) is 14.5. The molecule has 2 rings (SSSR count). The van der Waals surface area contributed by atoms with Crippen molar-refractivity contribution in [2.24, 2.45) is 0 Å². The van der Waals surface area contributed by atoms with Crippen LogP contribution in [0.2, 0.25) is 0 Å². The summed E-state index contributed by atoms with van der Waals surface area (Å²) in [5.41, 5.74) is 3.40. The lowest BCUT2D eigenvalue weighted by Gasteiger charge is -2.14. The predicted octanol–water partition coefficient (Wildman–Crippen LogP) is 4.75. The normalized spacial score (nSPS) is 11.0. The van der Waals surface area contributed by atoms with E-state index in [2.05, 4.69) is 60.0 Å². The third-order valence-corrected chi connectivity index (χ3v) is 3.79. The Balaban J connectivity index is 2.28. The zero-order chi connectivity index (χ0) is 15.4. The van der Waals surface area contributed by atoms with Crippen molar-refractivity contribution in [2.75, 3.05) is 0 Å². The Bertz CT molecular complexity index is 626. The van der Waals surface area contributed by atoms with E-state index in [4.69, 9.17) is 4.74 Å². The molecule has 1 N–H and O–H groups in total. The summed E-state index contributed by atoms with van der Waals surface area (Å²) in [6.07, 6.45) is 1.76. The quantitative estimate of drug-likeness (QED) is 0.846. The molecule has 0 saturated carbocycles. The molecule has 21 heavy (non-hydrogen) atoms. The molecule has 0 amide bonds. The second-order valence-corrected chi connectivity index (χ2v) is 6.37. The summed E-state index contributed by atoms with van der Waals surface area (Å²) in [6.45, 7) is 9.12. The van der Waals surface area contributed by atoms with Crippen LogP contribution < -0.4 is 10.1 Å². The summed E-state index contributed by atoms with van der Waals surface area (Å²) in [5.74, 6) is 1.51. The Hall–Kier alpha value is -1.39. The van der Waals surface area contributed by atoms with Crippen LogP contribution in [0.5, 0.6) is 11.6 Å². The first kappa shape index (κ1) is 16.0. The van der Waals surface area contributed by atoms with Gasteiger partial charge in [0.15, 0.2) is 0 Å². The molecule has 0 unspecified atom stereocenters. The molecule has 0 spiro atoms. The first-order valence-electron chi connectivity index (χ1n) is 7.09. The highest BCUT2D eigenvalue weighted by molar-refractivity contribution is 9.10. The predicted molar refractivity (Wildman–Crippen MR) is 89.9 cm³/mol. The number of pyridine rings is 1. The van der Waals surface area contributed by atoms with Crippen LogP contribution in [0.3, 0.4) is 0 Å². The third-order valence-electron chi connectivity index (χ3n) is 3.35. The number of rotatable bonds is 5. The fraction of sp³-hybridized carbons (Fsp3) is 0.353. The summed E-state index contributed by atoms with van der Waals surface area (Å²) in [4.78, 5) is 4.41. The van der Waals surface area contributed by atoms with Gasteiger partial charge in [0, 0.05) is 28.8 Å². The topological polar surface area (TPSA) is 34.1 Å². The van der Waals surface area contributed by atoms with Crippen LogP contribution in [-0.2, 0) is 6.54 Å². The molecule has 4 heteroatoms. The molecule has 0 aliphatic rings. The fourth-order valence-electron chi connectivity index (χ4n) is 1.94. The molecule has 0 atom stereocenters. The second-order valence-electron chi connectivity index (χ2n) is 5.45. The third kappa shape index (κ3) is 4.29. The van der Waals surface area contributed by atoms with Gasteiger partial charge in [0.1, 0.15) is 5.75 Å². The smallest absolute Gasteiger partial charge is 0.223 e. The van der Waals surface area contributed by atoms with Gasteiger partial charge in [-0.3, -0.25) is 0 Å². The van der Waals surface area contributed by atoms with E-state index in [-0.39, 0.29) is 0 Å². The van der Waals surface area contributed by atoms with E-state index in [1.807, 2.05) is 18.2 Å². The van der Waals surface area contributed by atoms with Crippen molar-refractivity contribution in [1.29, 1.82) is 0 Å². The molecule has 112 valence electrons. The molecule has 3 nitrogen and oxygen atoms in total. The van der Waals surface area contributed by atoms with E-state index in [0.717, 1.165) is 27.9 Å². The van der Waals surface area contributed by atoms with Gasteiger partial charge >= 0.3 is 0 Å². The maximum atomic E-state index is 6.04. The van der Waals surface area contributed by atoms with Gasteiger partial charge < -0.3 is 10.1 Å². The molecule has 1 aromatic carbocycles. The molecule has 0 radical (unpaired) electrons. The lowest BCUT2D eigenvalue weighted by atomic mass is 10.1. The van der Waals surface area contributed by atoms with Gasteiger partial charge in [0.25, 0.3) is 0 Å². The van der Waals surface area contributed by atoms with Gasteiger partial charge in [-0.2, -0.15) is 0 Å². The van der Waals surface area contributed by atoms with Gasteiger partial charge in [-0.05, 0) is 53.0 Å². The first-order valence-corrected chi connectivity index (χ1v) is 7.88. The van der Waals surface area contributed by atoms with Gasteiger partial charge in [-0.15, -0.1) is 0 Å². The monoisotopic (exact) mass is 348 g/mol. The number of nitrogens with zero attached hydrogens (tertiary/aromatic N) is 1. The van der Waals surface area contributed by atoms with Crippen LogP contribution in [0.25, 0.3) is 0 Å². The van der Waals surface area contributed by atoms with Gasteiger partial charge in [-0.25, -0.2) is 4.98 Å². The van der Waals surface area contributed by atoms with E-state index < -0.39 is 0 Å². The minimum Gasteiger partial charge on any atom is -0.438 e. The number of halogens is 1. The number of aryl methyl sites for hydroxylation is 1. The van der Waals surface area contributed by atoms with Crippen LogP contribution in [-0.4, -0.2) is 11.0 Å². The van der Waals surface area contributed by atoms with Crippen molar-refractivity contribution in [3.05, 3.63) is 51.6 Å². The van der Waals surface area contributed by atoms with Crippen molar-refractivity contribution in [3.63, 3.8) is 0 Å². The summed E-state index contributed by atoms with van der Waals surface area (Å²) < 4.78 is 6.99. The molecule has 0 saturated heterocycles. The number of nitrogens with one attached hydrogen (secondary N) is 1. The van der Waals surface area contributed by atoms with Crippen LogP contribution in [0.15, 0.2) is 34.9 Å². The Labute approximate surface area is 134 Å². The maximum Gasteiger partial charge on any atom is 0.223 e. The van der Waals surface area contributed by atoms with Crippen LogP contribution in [0.4, 0.5) is 0 Å². The molecule has 1 heterocycles. The van der Waals surface area contributed by atoms with Crippen LogP contribution >= 0.6 is 15.9 Å². The molecule has 0 aliphatic heterocycles. The number of hydrogen-bond donors (Lipinski definition) is 1. The van der Waals surface area contributed by atoms with Crippen molar-refractivity contribution < 1.29 is 4.74 Å². The SMILES string of the molecule is Cc1cccc(Oc2ncc(Br)cc2CNC(C)C)c1C. The minimum atomic E-state index is 0.414. The van der Waals surface area contributed by atoms with Gasteiger partial charge in [0.05, 0.1) is 0 Å². The Morgan fingerprint density at radius 1 is 1.29 bits per heavy atom. The Morgan fingerprint density at radius 2 is 2.05 bits per heavy atom. The van der Waals surface area contributed by atoms with E-state index in [9.17, 15) is 0 Å². The number of aromatic nitrogens is 1. The van der Waals surface area contributed by atoms with Crippen molar-refractivity contribution in [3.8, 4) is 11.6 Å². The average Bonchev–Trinajstić information content (AvgIpc) is 2.43. The first-order chi connectivity index (χ1) is 9.97. The van der Waals surface area contributed by atoms with Crippen molar-refractivity contribution >= 4 is 15.9 Å². The standard InChI is InChI=1S/C17H21BrN2O/c1-11(2)19-9-14-8-15(18)10-20-17(14)21-16-7-5-6-12(3)13(16)4/h5-8,10-11,19H,9H2,1-4H3. The highest BCUT2D eigenvalue weighted by atomic mass is 79.9. The van der Waals surface area contributed by atoms with Crippen LogP contribution in [0, 0.1) is 13.8 Å². The summed E-state index contributed by atoms with van der Waals surface area (Å²) in [6, 6.07) is 8.52. The van der Waals surface area contributed by atoms with Crippen LogP contribution in [0.1, 0.15) is 30.5 Å². The molecule has 0 aliphatic carbocycles. The van der Waals surface area contributed by atoms with E-state index in [1.165, 1.54) is 5.56 Å². The molecule has 0 bridgehead atoms. The Kier molecular flexibility index (Phi) is 5.37. The largest absolute Gasteiger partial charge is 0.438 e. The molecular weight excluding hydrogens is 328 g/mol. The molecule has 0 fully saturated rings. The van der Waals surface area contributed by atoms with Crippen molar-refractivity contribution in [2.45, 2.75) is 40.3 Å². The Morgan fingerprint density at radius 3 is 2.76 bits per heavy atom. The lowest BCUT2D eigenvalue weighted by molar-refractivity contribution is 0.446. The number of ether oxygens (including phenoxy) is 1. The average molecular weight is 349 g/mol. The number of benzene rings is 1. The maximum absolute atomic E-state index is 6.04. The summed E-state index contributed by atoms with van der Waals surface area (Å²) in [5, 5.41) is 3.40. The van der Waals surface area contributed by atoms with E-state index in [0.29, 0.717) is 11.9 Å². The van der Waals surface area contributed by atoms with Crippen molar-refractivity contribution in [1.82, 2.24) is 10.3 Å². The minimum absolute atomic E-state index is 0.414. The number of hydrogen-bond acceptors (Lipinski definition) is 3. The van der Waals surface area contributed by atoms with Gasteiger partial charge in [0.2, 0.25) is 5.88 Å². The molecule has 2 aromatic rings. The highest BCUT2D eigenvalue weighted by Crippen LogP contribution is 2.29. The summed E-state index contributed by atoms with van der Waals surface area (Å²) >= 11 is 3.47. The van der Waals surface area contributed by atoms with E-state index >= 15 is 0 Å².